The Balaban J connectivity index is 2.99. The van der Waals surface area contributed by atoms with Crippen molar-refractivity contribution in [1.82, 2.24) is 0 Å². The molecule has 0 amide bonds. The Morgan fingerprint density at radius 2 is 0.606 bits per heavy atom. The second-order valence-electron chi connectivity index (χ2n) is 7.49. The molecule has 0 unspecified atom stereocenters. The lowest BCUT2D eigenvalue weighted by Gasteiger charge is -2.08. The molecule has 0 aromatic rings. The molecule has 0 aliphatic heterocycles. The lowest BCUT2D eigenvalue weighted by atomic mass is 10.2. The van der Waals surface area contributed by atoms with Crippen molar-refractivity contribution in [2.24, 2.45) is 0 Å². The van der Waals surface area contributed by atoms with Gasteiger partial charge >= 0.3 is 0 Å². The van der Waals surface area contributed by atoms with E-state index < -0.39 is 0 Å². The van der Waals surface area contributed by atoms with Crippen molar-refractivity contribution in [3.8, 4) is 0 Å². The molecule has 0 aliphatic carbocycles. The summed E-state index contributed by atoms with van der Waals surface area (Å²) < 4.78 is 39.7. The third-order valence-corrected chi connectivity index (χ3v) is 5.61. The van der Waals surface area contributed by atoms with Gasteiger partial charge in [-0.2, -0.15) is 0 Å². The Labute approximate surface area is 220 Å². The largest absolute Gasteiger partial charge is 0.379 e. The van der Waals surface area contributed by atoms with Gasteiger partial charge in [0.05, 0.1) is 79.3 Å². The number of hydrogen-bond acceptors (Lipinski definition) is 7. The molecule has 0 radical (unpaired) electrons. The van der Waals surface area contributed by atoms with Crippen molar-refractivity contribution in [2.45, 2.75) is 51.4 Å². The summed E-state index contributed by atoms with van der Waals surface area (Å²) in [4.78, 5) is 0. The van der Waals surface area contributed by atoms with E-state index >= 15 is 0 Å². The minimum absolute atomic E-state index is 0.558. The van der Waals surface area contributed by atoms with E-state index in [2.05, 4.69) is 22.6 Å². The highest BCUT2D eigenvalue weighted by Gasteiger charge is 1.95. The molecule has 0 aromatic carbocycles. The zero-order valence-corrected chi connectivity index (χ0v) is 23.5. The van der Waals surface area contributed by atoms with Crippen LogP contribution in [-0.2, 0) is 33.2 Å². The lowest BCUT2D eigenvalue weighted by Crippen LogP contribution is -2.14. The van der Waals surface area contributed by atoms with Crippen LogP contribution < -0.4 is 0 Å². The average Bonchev–Trinajstić information content (AvgIpc) is 2.83. The molecule has 9 heteroatoms. The van der Waals surface area contributed by atoms with Gasteiger partial charge in [-0.05, 0) is 30.1 Å². The molecule has 0 spiro atoms. The minimum Gasteiger partial charge on any atom is -0.379 e. The molecule has 0 saturated carbocycles. The van der Waals surface area contributed by atoms with Crippen LogP contribution in [-0.4, -0.2) is 103 Å². The number of halogens is 2. The molecule has 0 fully saturated rings. The molecule has 0 atom stereocenters. The van der Waals surface area contributed by atoms with E-state index in [1.54, 1.807) is 0 Å². The standard InChI is InChI=1S/C24H48ClIO7/c25-9-5-1-3-7-11-27-13-15-29-17-19-31-21-23-33-24-22-32-20-18-30-16-14-28-12-8-4-2-6-10-26/h1-24H2. The number of unbranched alkanes of at least 4 members (excludes halogenated alkanes) is 6. The first kappa shape index (κ1) is 33.7. The van der Waals surface area contributed by atoms with E-state index in [9.17, 15) is 0 Å². The third kappa shape index (κ3) is 32.7. The van der Waals surface area contributed by atoms with Gasteiger partial charge in [-0.25, -0.2) is 0 Å². The number of rotatable bonds is 30. The molecule has 0 heterocycles. The fraction of sp³-hybridized carbons (Fsp3) is 1.00. The highest BCUT2D eigenvalue weighted by Crippen LogP contribution is 2.02. The SMILES string of the molecule is ClCCCCCCOCCOCCOCCOCCOCCOCCOCCCCCCI. The molecule has 7 nitrogen and oxygen atoms in total. The van der Waals surface area contributed by atoms with Gasteiger partial charge in [-0.1, -0.05) is 48.3 Å². The first-order valence-electron chi connectivity index (χ1n) is 12.6. The quantitative estimate of drug-likeness (QED) is 0.0652. The maximum absolute atomic E-state index is 5.64. The van der Waals surface area contributed by atoms with Crippen molar-refractivity contribution >= 4 is 34.2 Å². The van der Waals surface area contributed by atoms with Crippen molar-refractivity contribution in [1.29, 1.82) is 0 Å². The predicted octanol–water partition coefficient (Wildman–Crippen LogP) is 4.90. The van der Waals surface area contributed by atoms with E-state index in [0.29, 0.717) is 79.3 Å². The zero-order valence-electron chi connectivity index (χ0n) is 20.6. The highest BCUT2D eigenvalue weighted by molar-refractivity contribution is 14.1. The van der Waals surface area contributed by atoms with Gasteiger partial charge in [-0.3, -0.25) is 0 Å². The molecule has 0 N–H and O–H groups in total. The Kier molecular flexibility index (Phi) is 33.5. The number of alkyl halides is 2. The third-order valence-electron chi connectivity index (χ3n) is 4.58. The summed E-state index contributed by atoms with van der Waals surface area (Å²) in [5, 5.41) is 0. The van der Waals surface area contributed by atoms with Crippen molar-refractivity contribution < 1.29 is 33.2 Å². The topological polar surface area (TPSA) is 64.6 Å². The van der Waals surface area contributed by atoms with Crippen LogP contribution in [0.15, 0.2) is 0 Å². The summed E-state index contributed by atoms with van der Waals surface area (Å²) in [7, 11) is 0. The lowest BCUT2D eigenvalue weighted by molar-refractivity contribution is -0.0206. The molecule has 200 valence electrons. The van der Waals surface area contributed by atoms with Crippen LogP contribution in [0, 0.1) is 0 Å². The Morgan fingerprint density at radius 1 is 0.333 bits per heavy atom. The molecule has 33 heavy (non-hydrogen) atoms. The average molecular weight is 611 g/mol. The Bertz CT molecular complexity index is 314. The van der Waals surface area contributed by atoms with Crippen LogP contribution >= 0.6 is 34.2 Å². The van der Waals surface area contributed by atoms with Gasteiger partial charge in [0.15, 0.2) is 0 Å². The maximum Gasteiger partial charge on any atom is 0.0701 e. The van der Waals surface area contributed by atoms with Crippen LogP contribution in [0.5, 0.6) is 0 Å². The molecular formula is C24H48ClIO7. The first-order valence-corrected chi connectivity index (χ1v) is 14.6. The summed E-state index contributed by atoms with van der Waals surface area (Å²) in [5.74, 6) is 0.753. The van der Waals surface area contributed by atoms with Gasteiger partial charge in [0.1, 0.15) is 0 Å². The molecule has 0 aromatic heterocycles. The van der Waals surface area contributed by atoms with Crippen LogP contribution in [0.25, 0.3) is 0 Å². The molecule has 0 rings (SSSR count). The summed E-state index contributed by atoms with van der Waals surface area (Å²) in [5.41, 5.74) is 0. The fourth-order valence-electron chi connectivity index (χ4n) is 2.73. The Hall–Kier alpha value is 0.740. The van der Waals surface area contributed by atoms with E-state index in [0.717, 1.165) is 38.4 Å². The second kappa shape index (κ2) is 32.7. The molecule has 0 saturated heterocycles. The van der Waals surface area contributed by atoms with E-state index in [1.807, 2.05) is 0 Å². The van der Waals surface area contributed by atoms with Gasteiger partial charge in [0.25, 0.3) is 0 Å². The zero-order chi connectivity index (χ0) is 23.9. The highest BCUT2D eigenvalue weighted by atomic mass is 127. The monoisotopic (exact) mass is 610 g/mol. The fourth-order valence-corrected chi connectivity index (χ4v) is 3.45. The van der Waals surface area contributed by atoms with Gasteiger partial charge in [0, 0.05) is 19.1 Å². The van der Waals surface area contributed by atoms with Gasteiger partial charge < -0.3 is 33.2 Å². The maximum atomic E-state index is 5.64. The van der Waals surface area contributed by atoms with E-state index in [4.69, 9.17) is 44.8 Å². The normalized spacial score (nSPS) is 11.5. The minimum atomic E-state index is 0.558. The number of hydrogen-bond donors (Lipinski definition) is 0. The van der Waals surface area contributed by atoms with E-state index in [1.165, 1.54) is 36.5 Å². The Morgan fingerprint density at radius 3 is 0.909 bits per heavy atom. The van der Waals surface area contributed by atoms with Crippen LogP contribution in [0.3, 0.4) is 0 Å². The summed E-state index contributed by atoms with van der Waals surface area (Å²) >= 11 is 8.06. The summed E-state index contributed by atoms with van der Waals surface area (Å²) in [6.45, 7) is 8.69. The second-order valence-corrected chi connectivity index (χ2v) is 8.95. The van der Waals surface area contributed by atoms with Gasteiger partial charge in [-0.15, -0.1) is 11.6 Å². The first-order chi connectivity index (χ1) is 16.4. The summed E-state index contributed by atoms with van der Waals surface area (Å²) in [6, 6.07) is 0. The van der Waals surface area contributed by atoms with Crippen molar-refractivity contribution in [3.05, 3.63) is 0 Å². The van der Waals surface area contributed by atoms with Gasteiger partial charge in [0.2, 0.25) is 0 Å². The van der Waals surface area contributed by atoms with Crippen LogP contribution in [0.2, 0.25) is 0 Å². The van der Waals surface area contributed by atoms with Crippen LogP contribution in [0.1, 0.15) is 51.4 Å². The van der Waals surface area contributed by atoms with E-state index in [-0.39, 0.29) is 0 Å². The molecular weight excluding hydrogens is 563 g/mol. The smallest absolute Gasteiger partial charge is 0.0701 e. The summed E-state index contributed by atoms with van der Waals surface area (Å²) in [6.07, 6.45) is 9.56. The van der Waals surface area contributed by atoms with Crippen molar-refractivity contribution in [2.75, 3.05) is 103 Å². The number of ether oxygens (including phenoxy) is 7. The molecule has 0 bridgehead atoms. The van der Waals surface area contributed by atoms with Crippen LogP contribution in [0.4, 0.5) is 0 Å². The molecule has 0 aliphatic rings. The van der Waals surface area contributed by atoms with Crippen molar-refractivity contribution in [3.63, 3.8) is 0 Å². The predicted molar refractivity (Wildman–Crippen MR) is 142 cm³/mol.